The largest absolute Gasteiger partial charge is 0.370 e. The molecule has 160 valence electrons. The maximum absolute atomic E-state index is 12.8. The summed E-state index contributed by atoms with van der Waals surface area (Å²) in [6.07, 6.45) is -3.25. The van der Waals surface area contributed by atoms with Crippen LogP contribution in [0, 0.1) is 6.92 Å². The van der Waals surface area contributed by atoms with Gasteiger partial charge >= 0.3 is 12.3 Å². The Morgan fingerprint density at radius 3 is 2.69 bits per heavy atom. The van der Waals surface area contributed by atoms with Crippen molar-refractivity contribution in [2.45, 2.75) is 38.8 Å². The zero-order chi connectivity index (χ0) is 21.6. The summed E-state index contributed by atoms with van der Waals surface area (Å²) in [6.45, 7) is 0.811. The molecular weight excluding hydrogens is 437 g/mol. The fourth-order valence-electron chi connectivity index (χ4n) is 2.38. The zero-order valence-electron chi connectivity index (χ0n) is 15.4. The van der Waals surface area contributed by atoms with Gasteiger partial charge < -0.3 is 10.1 Å². The number of alkyl halides is 4. The first-order valence-electron chi connectivity index (χ1n) is 8.61. The summed E-state index contributed by atoms with van der Waals surface area (Å²) in [7, 11) is 0. The van der Waals surface area contributed by atoms with E-state index in [-0.39, 0.29) is 12.5 Å². The fourth-order valence-corrected chi connectivity index (χ4v) is 2.78. The van der Waals surface area contributed by atoms with E-state index >= 15 is 0 Å². The predicted molar refractivity (Wildman–Crippen MR) is 101 cm³/mol. The van der Waals surface area contributed by atoms with E-state index in [1.807, 2.05) is 0 Å². The number of ether oxygens (including phenoxy) is 1. The van der Waals surface area contributed by atoms with Crippen LogP contribution in [0.2, 0.25) is 10.2 Å². The van der Waals surface area contributed by atoms with Crippen molar-refractivity contribution in [3.63, 3.8) is 0 Å². The van der Waals surface area contributed by atoms with Crippen LogP contribution in [0.5, 0.6) is 0 Å². The molecule has 0 radical (unpaired) electrons. The minimum atomic E-state index is -4.21. The summed E-state index contributed by atoms with van der Waals surface area (Å²) < 4.78 is 56.1. The van der Waals surface area contributed by atoms with Crippen LogP contribution in [0.25, 0.3) is 0 Å². The topological polar surface area (TPSA) is 56.2 Å². The average Bonchev–Trinajstić information content (AvgIpc) is 2.92. The molecule has 1 N–H and O–H groups in total. The highest BCUT2D eigenvalue weighted by atomic mass is 35.5. The molecule has 2 rings (SSSR count). The molecule has 1 heterocycles. The monoisotopic (exact) mass is 455 g/mol. The molecule has 0 saturated carbocycles. The van der Waals surface area contributed by atoms with Crippen molar-refractivity contribution >= 4 is 29.1 Å². The smallest absolute Gasteiger partial charge is 0.330 e. The van der Waals surface area contributed by atoms with E-state index in [1.165, 1.54) is 6.07 Å². The number of benzene rings is 1. The number of carbonyl (C=O) groups excluding carboxylic acids is 1. The lowest BCUT2D eigenvalue weighted by molar-refractivity contribution is -0.168. The predicted octanol–water partition coefficient (Wildman–Crippen LogP) is 4.74. The van der Waals surface area contributed by atoms with Gasteiger partial charge in [0.2, 0.25) is 0 Å². The Morgan fingerprint density at radius 1 is 1.34 bits per heavy atom. The Morgan fingerprint density at radius 2 is 2.07 bits per heavy atom. The van der Waals surface area contributed by atoms with E-state index in [9.17, 15) is 22.4 Å². The highest BCUT2D eigenvalue weighted by molar-refractivity contribution is 6.41. The molecule has 1 amide bonds. The van der Waals surface area contributed by atoms with E-state index in [4.69, 9.17) is 23.2 Å². The van der Waals surface area contributed by atoms with Crippen molar-refractivity contribution in [1.29, 1.82) is 0 Å². The number of hydrogen-bond acceptors (Lipinski definition) is 3. The molecule has 0 saturated heterocycles. The second-order valence-electron chi connectivity index (χ2n) is 6.28. The lowest BCUT2D eigenvalue weighted by Gasteiger charge is -2.15. The van der Waals surface area contributed by atoms with Crippen LogP contribution in [0.15, 0.2) is 24.3 Å². The molecule has 29 heavy (non-hydrogen) atoms. The number of amides is 1. The molecule has 0 fully saturated rings. The van der Waals surface area contributed by atoms with Crippen molar-refractivity contribution in [2.24, 2.45) is 0 Å². The molecule has 0 spiro atoms. The van der Waals surface area contributed by atoms with Gasteiger partial charge in [-0.3, -0.25) is 9.48 Å². The first-order chi connectivity index (χ1) is 13.6. The summed E-state index contributed by atoms with van der Waals surface area (Å²) in [5.74, 6) is -4.58. The molecule has 2 aromatic rings. The maximum atomic E-state index is 12.8. The van der Waals surface area contributed by atoms with Gasteiger partial charge in [0.1, 0.15) is 16.8 Å². The average molecular weight is 456 g/mol. The summed E-state index contributed by atoms with van der Waals surface area (Å²) in [5.41, 5.74) is 1.32. The molecule has 0 aliphatic heterocycles. The quantitative estimate of drug-likeness (QED) is 0.415. The zero-order valence-corrected chi connectivity index (χ0v) is 16.9. The number of nitrogens with zero attached hydrogens (tertiary/aromatic N) is 2. The standard InChI is InChI=1S/C18H19Cl2F4N3O2/c1-11-14(19)15(20)27(26-11)7-3-6-25-16(28)13-5-2-4-12(8-13)9-29-10-18(23,24)17(21)22/h2,4-5,8,17H,3,6-7,9-10H2,1H3,(H,25,28). The molecule has 1 aromatic carbocycles. The van der Waals surface area contributed by atoms with Gasteiger partial charge in [-0.05, 0) is 31.0 Å². The van der Waals surface area contributed by atoms with Crippen LogP contribution >= 0.6 is 23.2 Å². The molecular formula is C18H19Cl2F4N3O2. The molecule has 1 aromatic heterocycles. The summed E-state index contributed by atoms with van der Waals surface area (Å²) in [6, 6.07) is 6.08. The number of carbonyl (C=O) groups is 1. The number of nitrogens with one attached hydrogen (secondary N) is 1. The van der Waals surface area contributed by atoms with Crippen molar-refractivity contribution in [3.8, 4) is 0 Å². The van der Waals surface area contributed by atoms with Crippen molar-refractivity contribution in [3.05, 3.63) is 51.3 Å². The highest BCUT2D eigenvalue weighted by Crippen LogP contribution is 2.25. The molecule has 11 heteroatoms. The molecule has 0 atom stereocenters. The summed E-state index contributed by atoms with van der Waals surface area (Å²) in [5, 5.41) is 7.62. The second-order valence-corrected chi connectivity index (χ2v) is 7.01. The molecule has 5 nitrogen and oxygen atoms in total. The van der Waals surface area contributed by atoms with E-state index in [0.29, 0.717) is 46.5 Å². The van der Waals surface area contributed by atoms with Crippen LogP contribution < -0.4 is 5.32 Å². The molecule has 0 aliphatic carbocycles. The SMILES string of the molecule is Cc1nn(CCCNC(=O)c2cccc(COCC(F)(F)C(F)F)c2)c(Cl)c1Cl. The van der Waals surface area contributed by atoms with Crippen LogP contribution in [-0.2, 0) is 17.9 Å². The lowest BCUT2D eigenvalue weighted by atomic mass is 10.1. The third-order valence-electron chi connectivity index (χ3n) is 3.90. The van der Waals surface area contributed by atoms with E-state index in [1.54, 1.807) is 29.8 Å². The van der Waals surface area contributed by atoms with Gasteiger partial charge in [0.05, 0.1) is 12.3 Å². The Labute approximate surface area is 174 Å². The Kier molecular flexibility index (Phi) is 8.30. The highest BCUT2D eigenvalue weighted by Gasteiger charge is 2.40. The second kappa shape index (κ2) is 10.3. The summed E-state index contributed by atoms with van der Waals surface area (Å²) >= 11 is 12.0. The number of aryl methyl sites for hydroxylation is 2. The normalized spacial score (nSPS) is 11.9. The lowest BCUT2D eigenvalue weighted by Crippen LogP contribution is -2.32. The number of hydrogen-bond donors (Lipinski definition) is 1. The van der Waals surface area contributed by atoms with E-state index in [2.05, 4.69) is 15.2 Å². The van der Waals surface area contributed by atoms with Gasteiger partial charge in [0, 0.05) is 18.7 Å². The Hall–Kier alpha value is -1.84. The minimum absolute atomic E-state index is 0.294. The van der Waals surface area contributed by atoms with Gasteiger partial charge in [-0.2, -0.15) is 13.9 Å². The van der Waals surface area contributed by atoms with Gasteiger partial charge in [-0.25, -0.2) is 8.78 Å². The molecule has 0 unspecified atom stereocenters. The number of halogens is 6. The van der Waals surface area contributed by atoms with E-state index in [0.717, 1.165) is 0 Å². The van der Waals surface area contributed by atoms with Crippen molar-refractivity contribution in [2.75, 3.05) is 13.2 Å². The third-order valence-corrected chi connectivity index (χ3v) is 4.83. The Bertz CT molecular complexity index is 847. The van der Waals surface area contributed by atoms with Gasteiger partial charge in [-0.15, -0.1) is 0 Å². The van der Waals surface area contributed by atoms with Crippen LogP contribution in [0.4, 0.5) is 17.6 Å². The van der Waals surface area contributed by atoms with Crippen LogP contribution in [-0.4, -0.2) is 41.2 Å². The van der Waals surface area contributed by atoms with E-state index < -0.39 is 19.0 Å². The van der Waals surface area contributed by atoms with Crippen LogP contribution in [0.1, 0.15) is 28.0 Å². The van der Waals surface area contributed by atoms with Gasteiger partial charge in [-0.1, -0.05) is 35.3 Å². The number of aromatic nitrogens is 2. The fraction of sp³-hybridized carbons (Fsp3) is 0.444. The van der Waals surface area contributed by atoms with Crippen LogP contribution in [0.3, 0.4) is 0 Å². The van der Waals surface area contributed by atoms with Gasteiger partial charge in [0.15, 0.2) is 0 Å². The summed E-state index contributed by atoms with van der Waals surface area (Å²) in [4.78, 5) is 12.2. The minimum Gasteiger partial charge on any atom is -0.370 e. The number of rotatable bonds is 10. The van der Waals surface area contributed by atoms with Gasteiger partial charge in [0.25, 0.3) is 5.91 Å². The van der Waals surface area contributed by atoms with Crippen molar-refractivity contribution < 1.29 is 27.1 Å². The molecule has 0 aliphatic rings. The van der Waals surface area contributed by atoms with Crippen molar-refractivity contribution in [1.82, 2.24) is 15.1 Å². The maximum Gasteiger partial charge on any atom is 0.330 e. The first-order valence-corrected chi connectivity index (χ1v) is 9.36. The molecule has 0 bridgehead atoms. The first kappa shape index (κ1) is 23.4. The Balaban J connectivity index is 1.80. The third kappa shape index (κ3) is 6.58.